The summed E-state index contributed by atoms with van der Waals surface area (Å²) in [5.41, 5.74) is 6.47. The van der Waals surface area contributed by atoms with Crippen LogP contribution in [0.25, 0.3) is 0 Å². The zero-order valence-corrected chi connectivity index (χ0v) is 16.0. The second-order valence-electron chi connectivity index (χ2n) is 8.07. The van der Waals surface area contributed by atoms with Gasteiger partial charge in [-0.15, -0.1) is 0 Å². The van der Waals surface area contributed by atoms with E-state index in [0.29, 0.717) is 12.2 Å². The Morgan fingerprint density at radius 2 is 1.71 bits per heavy atom. The minimum absolute atomic E-state index is 0.0806. The molecule has 1 aliphatic heterocycles. The number of para-hydroxylation sites is 1. The first kappa shape index (κ1) is 18.2. The number of hydrazone groups is 1. The van der Waals surface area contributed by atoms with Crippen LogP contribution in [0.15, 0.2) is 77.1 Å². The molecule has 1 N–H and O–H groups in total. The maximum Gasteiger partial charge on any atom is 0.364 e. The number of anilines is 1. The Morgan fingerprint density at radius 3 is 2.36 bits per heavy atom. The Balaban J connectivity index is 1.77. The van der Waals surface area contributed by atoms with Gasteiger partial charge in [0.15, 0.2) is 0 Å². The molecule has 0 aromatic heterocycles. The predicted octanol–water partition coefficient (Wildman–Crippen LogP) is 4.95. The predicted molar refractivity (Wildman–Crippen MR) is 109 cm³/mol. The van der Waals surface area contributed by atoms with E-state index < -0.39 is 12.1 Å². The molecule has 2 aliphatic rings. The van der Waals surface area contributed by atoms with E-state index in [9.17, 15) is 10.1 Å². The van der Waals surface area contributed by atoms with Gasteiger partial charge in [-0.25, -0.2) is 0 Å². The molecule has 4 rings (SSSR count). The zero-order chi connectivity index (χ0) is 19.7. The summed E-state index contributed by atoms with van der Waals surface area (Å²) in [6, 6.07) is 19.2. The summed E-state index contributed by atoms with van der Waals surface area (Å²) in [6.07, 6.45) is 0.270. The molecule has 0 fully saturated rings. The molecular formula is C22H23N3O3. The smallest absolute Gasteiger partial charge is 0.364 e. The molecule has 0 amide bonds. The monoisotopic (exact) mass is 377 g/mol. The Hall–Kier alpha value is -3.15. The molecule has 6 heteroatoms. The van der Waals surface area contributed by atoms with E-state index in [4.69, 9.17) is 4.74 Å². The SMILES string of the molecule is CC1(C)CC2=C(/C(=N\Nc3ccccc3)C1)[C@@H](c1ccccc1)[C@@H]([N+](=O)[O-])O2. The highest BCUT2D eigenvalue weighted by Crippen LogP contribution is 2.49. The van der Waals surface area contributed by atoms with Crippen LogP contribution in [0, 0.1) is 15.5 Å². The first-order chi connectivity index (χ1) is 13.4. The van der Waals surface area contributed by atoms with Crippen LogP contribution in [0.5, 0.6) is 0 Å². The molecule has 0 radical (unpaired) electrons. The van der Waals surface area contributed by atoms with Crippen LogP contribution in [0.1, 0.15) is 38.2 Å². The number of nitro groups is 1. The van der Waals surface area contributed by atoms with Gasteiger partial charge in [-0.1, -0.05) is 62.4 Å². The summed E-state index contributed by atoms with van der Waals surface area (Å²) in [4.78, 5) is 11.4. The minimum Gasteiger partial charge on any atom is -0.433 e. The van der Waals surface area contributed by atoms with Gasteiger partial charge in [0.25, 0.3) is 0 Å². The summed E-state index contributed by atoms with van der Waals surface area (Å²) in [7, 11) is 0. The average molecular weight is 377 g/mol. The largest absolute Gasteiger partial charge is 0.433 e. The second kappa shape index (κ2) is 7.11. The summed E-state index contributed by atoms with van der Waals surface area (Å²) in [6.45, 7) is 4.27. The maximum atomic E-state index is 11.8. The van der Waals surface area contributed by atoms with Crippen LogP contribution in [0.2, 0.25) is 0 Å². The first-order valence-electron chi connectivity index (χ1n) is 9.41. The molecule has 0 unspecified atom stereocenters. The normalized spacial score (nSPS) is 24.6. The fourth-order valence-electron chi connectivity index (χ4n) is 4.02. The topological polar surface area (TPSA) is 76.8 Å². The highest BCUT2D eigenvalue weighted by Gasteiger charge is 2.50. The average Bonchev–Trinajstić information content (AvgIpc) is 3.06. The number of allylic oxidation sites excluding steroid dienone is 1. The second-order valence-corrected chi connectivity index (χ2v) is 8.07. The van der Waals surface area contributed by atoms with Crippen LogP contribution in [-0.4, -0.2) is 16.9 Å². The molecule has 0 saturated heterocycles. The molecule has 0 bridgehead atoms. The van der Waals surface area contributed by atoms with Crippen LogP contribution in [-0.2, 0) is 4.74 Å². The molecule has 0 saturated carbocycles. The third kappa shape index (κ3) is 3.50. The van der Waals surface area contributed by atoms with Crippen LogP contribution < -0.4 is 5.43 Å². The molecule has 28 heavy (non-hydrogen) atoms. The third-order valence-corrected chi connectivity index (χ3v) is 5.22. The van der Waals surface area contributed by atoms with Gasteiger partial charge in [0.1, 0.15) is 11.7 Å². The quantitative estimate of drug-likeness (QED) is 0.604. The minimum atomic E-state index is -1.12. The lowest BCUT2D eigenvalue weighted by molar-refractivity contribution is -0.570. The van der Waals surface area contributed by atoms with Crippen molar-refractivity contribution in [2.75, 3.05) is 5.43 Å². The van der Waals surface area contributed by atoms with Crippen molar-refractivity contribution >= 4 is 11.4 Å². The van der Waals surface area contributed by atoms with Crippen molar-refractivity contribution in [1.82, 2.24) is 0 Å². The van der Waals surface area contributed by atoms with E-state index in [-0.39, 0.29) is 10.3 Å². The lowest BCUT2D eigenvalue weighted by Gasteiger charge is -2.31. The number of hydrogen-bond acceptors (Lipinski definition) is 5. The summed E-state index contributed by atoms with van der Waals surface area (Å²) in [5, 5.41) is 16.4. The van der Waals surface area contributed by atoms with Gasteiger partial charge in [-0.2, -0.15) is 5.10 Å². The summed E-state index contributed by atoms with van der Waals surface area (Å²) in [5.74, 6) is 0.235. The van der Waals surface area contributed by atoms with Crippen LogP contribution >= 0.6 is 0 Å². The van der Waals surface area contributed by atoms with Crippen molar-refractivity contribution in [2.24, 2.45) is 10.5 Å². The van der Waals surface area contributed by atoms with E-state index in [2.05, 4.69) is 24.4 Å². The van der Waals surface area contributed by atoms with Crippen molar-refractivity contribution in [3.05, 3.63) is 87.7 Å². The molecule has 1 heterocycles. The molecule has 2 aromatic carbocycles. The van der Waals surface area contributed by atoms with Crippen LogP contribution in [0.3, 0.4) is 0 Å². The molecule has 144 valence electrons. The molecular weight excluding hydrogens is 354 g/mol. The standard InChI is InChI=1S/C22H23N3O3/c1-22(2)13-17(24-23-16-11-7-4-8-12-16)20-18(14-22)28-21(25(26)27)19(20)15-9-5-3-6-10-15/h3-12,19,21,23H,13-14H2,1-2H3/b24-17-/t19-,21+/m1/s1. The Bertz CT molecular complexity index is 936. The summed E-state index contributed by atoms with van der Waals surface area (Å²) >= 11 is 0. The fourth-order valence-corrected chi connectivity index (χ4v) is 4.02. The lowest BCUT2D eigenvalue weighted by Crippen LogP contribution is -2.29. The summed E-state index contributed by atoms with van der Waals surface area (Å²) < 4.78 is 5.88. The molecule has 2 aromatic rings. The number of nitrogens with one attached hydrogen (secondary N) is 1. The van der Waals surface area contributed by atoms with Crippen molar-refractivity contribution in [3.8, 4) is 0 Å². The molecule has 6 nitrogen and oxygen atoms in total. The number of hydrogen-bond donors (Lipinski definition) is 1. The Labute approximate surface area is 164 Å². The maximum absolute atomic E-state index is 11.8. The third-order valence-electron chi connectivity index (χ3n) is 5.22. The van der Waals surface area contributed by atoms with E-state index in [0.717, 1.165) is 29.0 Å². The first-order valence-corrected chi connectivity index (χ1v) is 9.41. The van der Waals surface area contributed by atoms with E-state index in [1.165, 1.54) is 0 Å². The van der Waals surface area contributed by atoms with Crippen molar-refractivity contribution in [1.29, 1.82) is 0 Å². The van der Waals surface area contributed by atoms with Crippen LogP contribution in [0.4, 0.5) is 5.69 Å². The number of nitrogens with zero attached hydrogens (tertiary/aromatic N) is 2. The highest BCUT2D eigenvalue weighted by atomic mass is 16.7. The Kier molecular flexibility index (Phi) is 4.63. The van der Waals surface area contributed by atoms with Gasteiger partial charge < -0.3 is 4.74 Å². The zero-order valence-electron chi connectivity index (χ0n) is 16.0. The number of ether oxygens (including phenoxy) is 1. The molecule has 1 aliphatic carbocycles. The highest BCUT2D eigenvalue weighted by molar-refractivity contribution is 6.04. The number of rotatable bonds is 4. The van der Waals surface area contributed by atoms with Gasteiger partial charge in [-0.3, -0.25) is 15.5 Å². The van der Waals surface area contributed by atoms with Gasteiger partial charge in [0.05, 0.1) is 16.3 Å². The van der Waals surface area contributed by atoms with Gasteiger partial charge in [0, 0.05) is 12.0 Å². The van der Waals surface area contributed by atoms with Gasteiger partial charge in [-0.05, 0) is 29.5 Å². The van der Waals surface area contributed by atoms with E-state index in [1.54, 1.807) is 0 Å². The van der Waals surface area contributed by atoms with Crippen molar-refractivity contribution in [2.45, 2.75) is 38.8 Å². The van der Waals surface area contributed by atoms with Gasteiger partial charge >= 0.3 is 6.23 Å². The molecule has 0 spiro atoms. The molecule has 2 atom stereocenters. The lowest BCUT2D eigenvalue weighted by atomic mass is 9.73. The van der Waals surface area contributed by atoms with Crippen molar-refractivity contribution < 1.29 is 9.66 Å². The van der Waals surface area contributed by atoms with E-state index in [1.807, 2.05) is 60.7 Å². The van der Waals surface area contributed by atoms with Crippen molar-refractivity contribution in [3.63, 3.8) is 0 Å². The fraction of sp³-hybridized carbons (Fsp3) is 0.318. The van der Waals surface area contributed by atoms with E-state index >= 15 is 0 Å². The Morgan fingerprint density at radius 1 is 1.07 bits per heavy atom. The number of benzene rings is 2. The van der Waals surface area contributed by atoms with Gasteiger partial charge in [0.2, 0.25) is 0 Å².